The highest BCUT2D eigenvalue weighted by molar-refractivity contribution is 6.62. The van der Waals surface area contributed by atoms with Crippen LogP contribution in [-0.2, 0) is 20.1 Å². The molecule has 0 N–H and O–H groups in total. The molecule has 0 saturated carbocycles. The standard InChI is InChI=1S/C38H45BO2/c1-11-24(2)25-12-13-27-21-28(15-14-26(27)20-25)35(3,4)29-16-18-31-32-19-17-30(23-34(32)36(5,6)33(31)22-29)39-40-37(7,8)38(9,10)41-39/h12-24H,11H2,1-10H3. The molecule has 1 fully saturated rings. The Bertz CT molecular complexity index is 1640. The third kappa shape index (κ3) is 4.39. The van der Waals surface area contributed by atoms with Gasteiger partial charge in [-0.1, -0.05) is 114 Å². The molecule has 2 nitrogen and oxygen atoms in total. The molecule has 0 bridgehead atoms. The molecule has 1 aliphatic carbocycles. The number of rotatable bonds is 5. The first kappa shape index (κ1) is 28.3. The summed E-state index contributed by atoms with van der Waals surface area (Å²) >= 11 is 0. The monoisotopic (exact) mass is 544 g/mol. The van der Waals surface area contributed by atoms with Gasteiger partial charge < -0.3 is 9.31 Å². The Morgan fingerprint density at radius 1 is 0.683 bits per heavy atom. The summed E-state index contributed by atoms with van der Waals surface area (Å²) in [5.41, 5.74) is 9.65. The Balaban J connectivity index is 1.34. The summed E-state index contributed by atoms with van der Waals surface area (Å²) in [5.74, 6) is 0.586. The van der Waals surface area contributed by atoms with E-state index in [0.717, 1.165) is 11.9 Å². The molecule has 0 radical (unpaired) electrons. The van der Waals surface area contributed by atoms with E-state index in [0.29, 0.717) is 5.92 Å². The van der Waals surface area contributed by atoms with Crippen LogP contribution in [0.25, 0.3) is 21.9 Å². The highest BCUT2D eigenvalue weighted by Crippen LogP contribution is 2.50. The zero-order valence-corrected chi connectivity index (χ0v) is 26.6. The van der Waals surface area contributed by atoms with Crippen molar-refractivity contribution in [2.45, 2.75) is 104 Å². The number of benzene rings is 4. The first-order valence-corrected chi connectivity index (χ1v) is 15.4. The molecule has 0 spiro atoms. The van der Waals surface area contributed by atoms with Gasteiger partial charge >= 0.3 is 7.12 Å². The van der Waals surface area contributed by atoms with E-state index in [9.17, 15) is 0 Å². The van der Waals surface area contributed by atoms with Crippen LogP contribution in [0.1, 0.15) is 109 Å². The maximum absolute atomic E-state index is 6.40. The summed E-state index contributed by atoms with van der Waals surface area (Å²) in [4.78, 5) is 0. The fourth-order valence-electron chi connectivity index (χ4n) is 6.63. The van der Waals surface area contributed by atoms with Crippen molar-refractivity contribution in [3.8, 4) is 11.1 Å². The van der Waals surface area contributed by atoms with Gasteiger partial charge in [-0.3, -0.25) is 0 Å². The lowest BCUT2D eigenvalue weighted by Gasteiger charge is -2.32. The van der Waals surface area contributed by atoms with Crippen molar-refractivity contribution in [2.24, 2.45) is 0 Å². The molecule has 41 heavy (non-hydrogen) atoms. The van der Waals surface area contributed by atoms with Gasteiger partial charge in [0, 0.05) is 10.8 Å². The van der Waals surface area contributed by atoms with E-state index < -0.39 is 0 Å². The average Bonchev–Trinajstić information content (AvgIpc) is 3.30. The topological polar surface area (TPSA) is 18.5 Å². The second-order valence-electron chi connectivity index (χ2n) is 14.5. The lowest BCUT2D eigenvalue weighted by molar-refractivity contribution is 0.00578. The van der Waals surface area contributed by atoms with Crippen molar-refractivity contribution < 1.29 is 9.31 Å². The van der Waals surface area contributed by atoms with Gasteiger partial charge in [0.2, 0.25) is 0 Å². The minimum Gasteiger partial charge on any atom is -0.399 e. The van der Waals surface area contributed by atoms with Gasteiger partial charge in [-0.2, -0.15) is 0 Å². The molecule has 3 heteroatoms. The van der Waals surface area contributed by atoms with Crippen molar-refractivity contribution in [1.82, 2.24) is 0 Å². The van der Waals surface area contributed by atoms with Crippen LogP contribution in [0.4, 0.5) is 0 Å². The van der Waals surface area contributed by atoms with E-state index >= 15 is 0 Å². The summed E-state index contributed by atoms with van der Waals surface area (Å²) in [7, 11) is -0.353. The van der Waals surface area contributed by atoms with Gasteiger partial charge in [0.25, 0.3) is 0 Å². The first-order valence-electron chi connectivity index (χ1n) is 15.4. The highest BCUT2D eigenvalue weighted by Gasteiger charge is 2.52. The first-order chi connectivity index (χ1) is 19.2. The van der Waals surface area contributed by atoms with Crippen LogP contribution < -0.4 is 5.46 Å². The van der Waals surface area contributed by atoms with E-state index in [2.05, 4.69) is 142 Å². The molecular formula is C38H45BO2. The van der Waals surface area contributed by atoms with E-state index in [1.54, 1.807) is 0 Å². The number of hydrogen-bond donors (Lipinski definition) is 0. The molecule has 1 aliphatic heterocycles. The molecule has 1 heterocycles. The second-order valence-corrected chi connectivity index (χ2v) is 14.5. The van der Waals surface area contributed by atoms with Crippen LogP contribution in [0, 0.1) is 0 Å². The molecule has 6 rings (SSSR count). The van der Waals surface area contributed by atoms with Gasteiger partial charge in [0.1, 0.15) is 0 Å². The summed E-state index contributed by atoms with van der Waals surface area (Å²) < 4.78 is 12.8. The number of hydrogen-bond acceptors (Lipinski definition) is 2. The molecule has 0 aromatic heterocycles. The minimum absolute atomic E-state index is 0.119. The van der Waals surface area contributed by atoms with Crippen LogP contribution in [-0.4, -0.2) is 18.3 Å². The summed E-state index contributed by atoms with van der Waals surface area (Å²) in [6.45, 7) is 22.4. The van der Waals surface area contributed by atoms with E-state index in [4.69, 9.17) is 9.31 Å². The van der Waals surface area contributed by atoms with Crippen LogP contribution in [0.5, 0.6) is 0 Å². The van der Waals surface area contributed by atoms with Crippen molar-refractivity contribution >= 4 is 23.4 Å². The lowest BCUT2D eigenvalue weighted by atomic mass is 9.73. The van der Waals surface area contributed by atoms with Gasteiger partial charge in [-0.15, -0.1) is 0 Å². The zero-order valence-electron chi connectivity index (χ0n) is 26.6. The van der Waals surface area contributed by atoms with Gasteiger partial charge in [0.15, 0.2) is 0 Å². The fraction of sp³-hybridized carbons (Fsp3) is 0.421. The Morgan fingerprint density at radius 3 is 1.88 bits per heavy atom. The van der Waals surface area contributed by atoms with Crippen molar-refractivity contribution in [2.75, 3.05) is 0 Å². The summed E-state index contributed by atoms with van der Waals surface area (Å²) in [6.07, 6.45) is 1.16. The van der Waals surface area contributed by atoms with E-state index in [1.807, 2.05) is 0 Å². The molecule has 2 aliphatic rings. The quantitative estimate of drug-likeness (QED) is 0.233. The Hall–Kier alpha value is -2.88. The van der Waals surface area contributed by atoms with Crippen LogP contribution in [0.15, 0.2) is 72.8 Å². The van der Waals surface area contributed by atoms with Gasteiger partial charge in [0.05, 0.1) is 11.2 Å². The van der Waals surface area contributed by atoms with Crippen molar-refractivity contribution in [3.63, 3.8) is 0 Å². The lowest BCUT2D eigenvalue weighted by Crippen LogP contribution is -2.41. The third-order valence-corrected chi connectivity index (χ3v) is 10.7. The third-order valence-electron chi connectivity index (χ3n) is 10.7. The van der Waals surface area contributed by atoms with E-state index in [-0.39, 0.29) is 29.2 Å². The van der Waals surface area contributed by atoms with Crippen molar-refractivity contribution in [1.29, 1.82) is 0 Å². The Morgan fingerprint density at radius 2 is 1.22 bits per heavy atom. The molecule has 212 valence electrons. The predicted octanol–water partition coefficient (Wildman–Crippen LogP) is 9.28. The van der Waals surface area contributed by atoms with Gasteiger partial charge in [-0.25, -0.2) is 0 Å². The highest BCUT2D eigenvalue weighted by atomic mass is 16.7. The van der Waals surface area contributed by atoms with Crippen LogP contribution >= 0.6 is 0 Å². The van der Waals surface area contributed by atoms with E-state index in [1.165, 1.54) is 49.7 Å². The molecule has 1 atom stereocenters. The SMILES string of the molecule is CCC(C)c1ccc2cc(C(C)(C)c3ccc4c(c3)C(C)(C)c3cc(B5OC(C)(C)C(C)(C)O5)ccc3-4)ccc2c1. The molecule has 4 aromatic carbocycles. The zero-order chi connectivity index (χ0) is 29.5. The molecular weight excluding hydrogens is 499 g/mol. The van der Waals surface area contributed by atoms with Crippen LogP contribution in [0.2, 0.25) is 0 Å². The van der Waals surface area contributed by atoms with Crippen molar-refractivity contribution in [3.05, 3.63) is 101 Å². The van der Waals surface area contributed by atoms with Gasteiger partial charge in [-0.05, 0) is 95.2 Å². The summed E-state index contributed by atoms with van der Waals surface area (Å²) in [6, 6.07) is 27.9. The molecule has 0 amide bonds. The Kier molecular flexibility index (Phi) is 6.42. The smallest absolute Gasteiger partial charge is 0.399 e. The summed E-state index contributed by atoms with van der Waals surface area (Å²) in [5, 5.41) is 2.64. The average molecular weight is 545 g/mol. The molecule has 4 aromatic rings. The fourth-order valence-corrected chi connectivity index (χ4v) is 6.63. The predicted molar refractivity (Wildman–Crippen MR) is 175 cm³/mol. The maximum Gasteiger partial charge on any atom is 0.494 e. The number of fused-ring (bicyclic) bond motifs is 4. The van der Waals surface area contributed by atoms with Crippen LogP contribution in [0.3, 0.4) is 0 Å². The molecule has 1 saturated heterocycles. The Labute approximate surface area is 247 Å². The largest absolute Gasteiger partial charge is 0.494 e. The molecule has 1 unspecified atom stereocenters. The maximum atomic E-state index is 6.40. The normalized spacial score (nSPS) is 19.3. The minimum atomic E-state index is -0.353. The second kappa shape index (κ2) is 9.31.